The minimum atomic E-state index is -0.103. The predicted molar refractivity (Wildman–Crippen MR) is 112 cm³/mol. The molecule has 2 heterocycles. The van der Waals surface area contributed by atoms with E-state index < -0.39 is 0 Å². The Bertz CT molecular complexity index is 1030. The number of hydrogen-bond donors (Lipinski definition) is 2. The number of carbonyl (C=O) groups excluding carboxylic acids is 2. The number of benzene rings is 2. The molecular formula is C21H22N4O2S. The molecule has 144 valence electrons. The number of carbonyl (C=O) groups is 2. The molecule has 3 N–H and O–H groups in total. The first-order valence-corrected chi connectivity index (χ1v) is 10.2. The van der Waals surface area contributed by atoms with E-state index in [1.807, 2.05) is 41.3 Å². The summed E-state index contributed by atoms with van der Waals surface area (Å²) in [5, 5.41) is 3.82. The normalized spacial score (nSPS) is 14.0. The summed E-state index contributed by atoms with van der Waals surface area (Å²) in [6, 6.07) is 13.2. The van der Waals surface area contributed by atoms with E-state index >= 15 is 0 Å². The van der Waals surface area contributed by atoms with Crippen LogP contribution in [-0.2, 0) is 4.79 Å². The highest BCUT2D eigenvalue weighted by Crippen LogP contribution is 2.31. The molecule has 1 aliphatic rings. The zero-order valence-corrected chi connectivity index (χ0v) is 16.3. The third-order valence-corrected chi connectivity index (χ3v) is 5.91. The second-order valence-electron chi connectivity index (χ2n) is 6.92. The number of fused-ring (bicyclic) bond motifs is 1. The van der Waals surface area contributed by atoms with E-state index in [2.05, 4.69) is 10.3 Å². The molecule has 0 unspecified atom stereocenters. The molecular weight excluding hydrogens is 372 g/mol. The number of nitrogens with zero attached hydrogens (tertiary/aromatic N) is 2. The van der Waals surface area contributed by atoms with E-state index in [-0.39, 0.29) is 11.8 Å². The Kier molecular flexibility index (Phi) is 5.25. The Balaban J connectivity index is 1.39. The Morgan fingerprint density at radius 3 is 2.93 bits per heavy atom. The van der Waals surface area contributed by atoms with Crippen molar-refractivity contribution in [1.29, 1.82) is 0 Å². The van der Waals surface area contributed by atoms with Gasteiger partial charge in [0.15, 0.2) is 0 Å². The third-order valence-electron chi connectivity index (χ3n) is 4.85. The summed E-state index contributed by atoms with van der Waals surface area (Å²) in [7, 11) is 0. The van der Waals surface area contributed by atoms with Gasteiger partial charge in [0.25, 0.3) is 5.91 Å². The third kappa shape index (κ3) is 3.99. The number of hydrogen-bond acceptors (Lipinski definition) is 5. The molecule has 0 aliphatic carbocycles. The summed E-state index contributed by atoms with van der Waals surface area (Å²) in [5.74, 6) is 0.117. The van der Waals surface area contributed by atoms with Crippen LogP contribution < -0.4 is 11.1 Å². The summed E-state index contributed by atoms with van der Waals surface area (Å²) >= 11 is 1.55. The average Bonchev–Trinajstić information content (AvgIpc) is 3.30. The quantitative estimate of drug-likeness (QED) is 0.496. The molecule has 0 atom stereocenters. The first-order chi connectivity index (χ1) is 13.6. The molecule has 1 aromatic heterocycles. The highest BCUT2D eigenvalue weighted by molar-refractivity contribution is 7.21. The van der Waals surface area contributed by atoms with Gasteiger partial charge in [-0.3, -0.25) is 9.59 Å². The van der Waals surface area contributed by atoms with Crippen molar-refractivity contribution >= 4 is 39.1 Å². The Labute approximate surface area is 167 Å². The molecule has 3 aromatic rings. The molecule has 0 radical (unpaired) electrons. The number of rotatable bonds is 6. The van der Waals surface area contributed by atoms with E-state index in [1.54, 1.807) is 17.4 Å². The van der Waals surface area contributed by atoms with Gasteiger partial charge in [-0.1, -0.05) is 12.1 Å². The Morgan fingerprint density at radius 1 is 1.25 bits per heavy atom. The van der Waals surface area contributed by atoms with Crippen LogP contribution in [0.3, 0.4) is 0 Å². The molecule has 0 saturated carbocycles. The molecule has 2 aromatic carbocycles. The van der Waals surface area contributed by atoms with E-state index in [0.29, 0.717) is 30.8 Å². The van der Waals surface area contributed by atoms with Crippen molar-refractivity contribution in [3.05, 3.63) is 48.0 Å². The zero-order valence-electron chi connectivity index (χ0n) is 15.5. The van der Waals surface area contributed by atoms with Crippen molar-refractivity contribution in [2.24, 2.45) is 0 Å². The molecule has 1 aliphatic heterocycles. The largest absolute Gasteiger partial charge is 0.399 e. The fourth-order valence-electron chi connectivity index (χ4n) is 3.38. The van der Waals surface area contributed by atoms with Crippen LogP contribution in [0.25, 0.3) is 20.8 Å². The number of thiazole rings is 1. The van der Waals surface area contributed by atoms with Crippen LogP contribution in [0.15, 0.2) is 42.5 Å². The zero-order chi connectivity index (χ0) is 19.5. The molecule has 6 nitrogen and oxygen atoms in total. The first-order valence-electron chi connectivity index (χ1n) is 9.42. The molecule has 28 heavy (non-hydrogen) atoms. The smallest absolute Gasteiger partial charge is 0.251 e. The number of nitrogens with two attached hydrogens (primary N) is 1. The molecule has 0 spiro atoms. The Morgan fingerprint density at radius 2 is 2.14 bits per heavy atom. The van der Waals surface area contributed by atoms with Crippen molar-refractivity contribution in [1.82, 2.24) is 15.2 Å². The molecule has 1 fully saturated rings. The molecule has 4 rings (SSSR count). The van der Waals surface area contributed by atoms with Gasteiger partial charge >= 0.3 is 0 Å². The Hall–Kier alpha value is -2.93. The van der Waals surface area contributed by atoms with Crippen molar-refractivity contribution < 1.29 is 9.59 Å². The minimum absolute atomic E-state index is 0.103. The van der Waals surface area contributed by atoms with Crippen molar-refractivity contribution in [2.45, 2.75) is 19.3 Å². The van der Waals surface area contributed by atoms with Crippen molar-refractivity contribution in [3.63, 3.8) is 0 Å². The van der Waals surface area contributed by atoms with Crippen LogP contribution in [0.4, 0.5) is 5.69 Å². The second-order valence-corrected chi connectivity index (χ2v) is 7.95. The number of amides is 2. The van der Waals surface area contributed by atoms with Gasteiger partial charge in [0.05, 0.1) is 10.2 Å². The molecule has 0 bridgehead atoms. The number of likely N-dealkylation sites (tertiary alicyclic amines) is 1. The van der Waals surface area contributed by atoms with Crippen LogP contribution in [0.5, 0.6) is 0 Å². The lowest BCUT2D eigenvalue weighted by molar-refractivity contribution is -0.127. The van der Waals surface area contributed by atoms with E-state index in [9.17, 15) is 9.59 Å². The van der Waals surface area contributed by atoms with E-state index in [1.165, 1.54) is 0 Å². The van der Waals surface area contributed by atoms with Gasteiger partial charge in [-0.05, 0) is 43.2 Å². The first kappa shape index (κ1) is 18.4. The summed E-state index contributed by atoms with van der Waals surface area (Å²) in [6.07, 6.45) is 2.36. The van der Waals surface area contributed by atoms with E-state index in [4.69, 9.17) is 5.73 Å². The highest BCUT2D eigenvalue weighted by atomic mass is 32.1. The monoisotopic (exact) mass is 394 g/mol. The number of nitrogens with one attached hydrogen (secondary N) is 1. The van der Waals surface area contributed by atoms with Gasteiger partial charge < -0.3 is 16.0 Å². The lowest BCUT2D eigenvalue weighted by Crippen LogP contribution is -2.30. The highest BCUT2D eigenvalue weighted by Gasteiger charge is 2.19. The maximum atomic E-state index is 12.4. The lowest BCUT2D eigenvalue weighted by Gasteiger charge is -2.15. The number of aromatic nitrogens is 1. The second kappa shape index (κ2) is 7.98. The lowest BCUT2D eigenvalue weighted by atomic mass is 10.2. The number of anilines is 1. The molecule has 7 heteroatoms. The SMILES string of the molecule is Nc1cccc(-c2nc3ccc(C(=O)NCCCN4CCCC4=O)cc3s2)c1. The summed E-state index contributed by atoms with van der Waals surface area (Å²) in [6.45, 7) is 2.10. The minimum Gasteiger partial charge on any atom is -0.399 e. The molecule has 1 saturated heterocycles. The van der Waals surface area contributed by atoms with Crippen LogP contribution in [0, 0.1) is 0 Å². The maximum Gasteiger partial charge on any atom is 0.251 e. The van der Waals surface area contributed by atoms with Gasteiger partial charge in [0.2, 0.25) is 5.91 Å². The fourth-order valence-corrected chi connectivity index (χ4v) is 4.38. The topological polar surface area (TPSA) is 88.3 Å². The van der Waals surface area contributed by atoms with Gasteiger partial charge in [-0.25, -0.2) is 4.98 Å². The summed E-state index contributed by atoms with van der Waals surface area (Å²) in [4.78, 5) is 30.6. The maximum absolute atomic E-state index is 12.4. The predicted octanol–water partition coefficient (Wildman–Crippen LogP) is 3.29. The average molecular weight is 395 g/mol. The van der Waals surface area contributed by atoms with Gasteiger partial charge in [0.1, 0.15) is 5.01 Å². The van der Waals surface area contributed by atoms with Crippen LogP contribution in [0.2, 0.25) is 0 Å². The standard InChI is InChI=1S/C21H22N4O2S/c22-16-5-1-4-15(12-16)21-24-17-8-7-14(13-18(17)28-21)20(27)23-9-3-11-25-10-2-6-19(25)26/h1,4-5,7-8,12-13H,2-3,6,9-11,22H2,(H,23,27). The molecule has 2 amide bonds. The number of nitrogen functional groups attached to an aromatic ring is 1. The fraction of sp³-hybridized carbons (Fsp3) is 0.286. The van der Waals surface area contributed by atoms with Crippen molar-refractivity contribution in [3.8, 4) is 10.6 Å². The van der Waals surface area contributed by atoms with Gasteiger partial charge in [-0.15, -0.1) is 11.3 Å². The van der Waals surface area contributed by atoms with Crippen LogP contribution >= 0.6 is 11.3 Å². The van der Waals surface area contributed by atoms with Crippen molar-refractivity contribution in [2.75, 3.05) is 25.4 Å². The van der Waals surface area contributed by atoms with Crippen LogP contribution in [-0.4, -0.2) is 41.3 Å². The van der Waals surface area contributed by atoms with Crippen LogP contribution in [0.1, 0.15) is 29.6 Å². The summed E-state index contributed by atoms with van der Waals surface area (Å²) < 4.78 is 0.965. The van der Waals surface area contributed by atoms with Gasteiger partial charge in [-0.2, -0.15) is 0 Å². The van der Waals surface area contributed by atoms with Gasteiger partial charge in [0, 0.05) is 42.9 Å². The van der Waals surface area contributed by atoms with E-state index in [0.717, 1.165) is 40.2 Å². The summed E-state index contributed by atoms with van der Waals surface area (Å²) in [5.41, 5.74) is 9.02.